The minimum atomic E-state index is -3.62. The molecule has 0 aliphatic carbocycles. The molecule has 10 heteroatoms. The van der Waals surface area contributed by atoms with Crippen LogP contribution in [0, 0.1) is 0 Å². The van der Waals surface area contributed by atoms with Gasteiger partial charge in [0.25, 0.3) is 0 Å². The summed E-state index contributed by atoms with van der Waals surface area (Å²) in [4.78, 5) is 28.8. The first-order chi connectivity index (χ1) is 18.6. The second-order valence-electron chi connectivity index (χ2n) is 9.12. The number of rotatable bonds is 13. The average Bonchev–Trinajstić information content (AvgIpc) is 2.94. The summed E-state index contributed by atoms with van der Waals surface area (Å²) in [5, 5.41) is 2.95. The smallest absolute Gasteiger partial charge is 0.243 e. The van der Waals surface area contributed by atoms with Gasteiger partial charge < -0.3 is 19.7 Å². The van der Waals surface area contributed by atoms with Crippen LogP contribution in [0.25, 0.3) is 0 Å². The molecule has 2 amide bonds. The molecule has 0 heterocycles. The average molecular weight is 554 g/mol. The summed E-state index contributed by atoms with van der Waals surface area (Å²) in [7, 11) is 0.848. The Labute approximate surface area is 230 Å². The summed E-state index contributed by atoms with van der Waals surface area (Å²) in [5.41, 5.74) is 2.41. The van der Waals surface area contributed by atoms with E-state index in [0.717, 1.165) is 27.3 Å². The van der Waals surface area contributed by atoms with Gasteiger partial charge in [0.1, 0.15) is 17.5 Å². The second kappa shape index (κ2) is 13.8. The van der Waals surface area contributed by atoms with Crippen LogP contribution in [0.15, 0.2) is 78.9 Å². The predicted molar refractivity (Wildman–Crippen MR) is 150 cm³/mol. The van der Waals surface area contributed by atoms with Crippen molar-refractivity contribution in [3.8, 4) is 11.5 Å². The molecule has 3 rings (SSSR count). The number of amides is 2. The number of hydrogen-bond acceptors (Lipinski definition) is 6. The Balaban J connectivity index is 1.96. The van der Waals surface area contributed by atoms with E-state index in [9.17, 15) is 18.0 Å². The zero-order valence-electron chi connectivity index (χ0n) is 22.7. The fourth-order valence-corrected chi connectivity index (χ4v) is 4.37. The van der Waals surface area contributed by atoms with E-state index in [1.165, 1.54) is 11.9 Å². The zero-order chi connectivity index (χ0) is 28.4. The lowest BCUT2D eigenvalue weighted by atomic mass is 10.0. The Morgan fingerprint density at radius 2 is 1.51 bits per heavy atom. The molecule has 1 atom stereocenters. The Morgan fingerprint density at radius 1 is 0.872 bits per heavy atom. The number of sulfonamides is 1. The van der Waals surface area contributed by atoms with Crippen LogP contribution in [0.5, 0.6) is 11.5 Å². The Bertz CT molecular complexity index is 1350. The molecular weight excluding hydrogens is 518 g/mol. The van der Waals surface area contributed by atoms with Crippen LogP contribution in [0.1, 0.15) is 16.7 Å². The van der Waals surface area contributed by atoms with Crippen molar-refractivity contribution >= 4 is 21.8 Å². The number of hydrogen-bond donors (Lipinski definition) is 1. The van der Waals surface area contributed by atoms with Gasteiger partial charge >= 0.3 is 0 Å². The number of nitrogens with one attached hydrogen (secondary N) is 1. The maximum atomic E-state index is 13.7. The van der Waals surface area contributed by atoms with Gasteiger partial charge in [-0.2, -0.15) is 4.31 Å². The summed E-state index contributed by atoms with van der Waals surface area (Å²) < 4.78 is 35.8. The first-order valence-corrected chi connectivity index (χ1v) is 14.2. The Hall–Kier alpha value is -3.89. The molecule has 3 aromatic carbocycles. The van der Waals surface area contributed by atoms with Crippen molar-refractivity contribution in [2.24, 2.45) is 0 Å². The number of likely N-dealkylation sites (N-methyl/N-ethyl adjacent to an activating group) is 1. The summed E-state index contributed by atoms with van der Waals surface area (Å²) in [5.74, 6) is 0.433. The van der Waals surface area contributed by atoms with E-state index in [1.54, 1.807) is 26.4 Å². The highest BCUT2D eigenvalue weighted by molar-refractivity contribution is 7.88. The van der Waals surface area contributed by atoms with Crippen molar-refractivity contribution in [3.63, 3.8) is 0 Å². The highest BCUT2D eigenvalue weighted by Crippen LogP contribution is 2.20. The third-order valence-corrected chi connectivity index (χ3v) is 7.61. The molecule has 0 unspecified atom stereocenters. The van der Waals surface area contributed by atoms with Gasteiger partial charge in [0.2, 0.25) is 21.8 Å². The van der Waals surface area contributed by atoms with Gasteiger partial charge in [-0.1, -0.05) is 60.7 Å². The lowest BCUT2D eigenvalue weighted by molar-refractivity contribution is -0.141. The van der Waals surface area contributed by atoms with Crippen LogP contribution in [0.3, 0.4) is 0 Å². The van der Waals surface area contributed by atoms with Gasteiger partial charge in [-0.15, -0.1) is 0 Å². The molecular formula is C29H35N3O6S. The van der Waals surface area contributed by atoms with Crippen molar-refractivity contribution in [3.05, 3.63) is 95.6 Å². The molecule has 0 fully saturated rings. The summed E-state index contributed by atoms with van der Waals surface area (Å²) in [6, 6.07) is 23.0. The van der Waals surface area contributed by atoms with E-state index >= 15 is 0 Å². The number of para-hydroxylation sites is 1. The molecule has 0 saturated heterocycles. The van der Waals surface area contributed by atoms with E-state index in [4.69, 9.17) is 9.47 Å². The molecule has 0 saturated carbocycles. The number of methoxy groups -OCH3 is 2. The fraction of sp³-hybridized carbons (Fsp3) is 0.310. The molecule has 39 heavy (non-hydrogen) atoms. The molecule has 0 aliphatic heterocycles. The molecule has 1 N–H and O–H groups in total. The van der Waals surface area contributed by atoms with Crippen molar-refractivity contribution < 1.29 is 27.5 Å². The summed E-state index contributed by atoms with van der Waals surface area (Å²) >= 11 is 0. The van der Waals surface area contributed by atoms with Crippen LogP contribution in [0.4, 0.5) is 0 Å². The molecule has 3 aromatic rings. The van der Waals surface area contributed by atoms with Crippen LogP contribution in [0.2, 0.25) is 0 Å². The van der Waals surface area contributed by atoms with Crippen molar-refractivity contribution in [1.82, 2.24) is 14.5 Å². The monoisotopic (exact) mass is 553 g/mol. The normalized spacial score (nSPS) is 12.0. The molecule has 9 nitrogen and oxygen atoms in total. The van der Waals surface area contributed by atoms with Crippen LogP contribution in [-0.2, 0) is 39.1 Å². The second-order valence-corrected chi connectivity index (χ2v) is 11.2. The van der Waals surface area contributed by atoms with Gasteiger partial charge in [-0.25, -0.2) is 8.42 Å². The Kier molecular flexibility index (Phi) is 10.5. The molecule has 208 valence electrons. The van der Waals surface area contributed by atoms with Gasteiger partial charge in [-0.05, 0) is 29.3 Å². The van der Waals surface area contributed by atoms with Crippen LogP contribution < -0.4 is 14.8 Å². The Morgan fingerprint density at radius 3 is 2.13 bits per heavy atom. The van der Waals surface area contributed by atoms with Gasteiger partial charge in [0.15, 0.2) is 0 Å². The number of benzene rings is 3. The lowest BCUT2D eigenvalue weighted by Crippen LogP contribution is -2.52. The lowest BCUT2D eigenvalue weighted by Gasteiger charge is -2.32. The molecule has 0 spiro atoms. The third-order valence-electron chi connectivity index (χ3n) is 6.35. The topological polar surface area (TPSA) is 105 Å². The third kappa shape index (κ3) is 8.56. The molecule has 0 aliphatic rings. The summed E-state index contributed by atoms with van der Waals surface area (Å²) in [6.07, 6.45) is 1.28. The molecule has 0 bridgehead atoms. The number of ether oxygens (including phenoxy) is 2. The zero-order valence-corrected chi connectivity index (χ0v) is 23.5. The van der Waals surface area contributed by atoms with Gasteiger partial charge in [0.05, 0.1) is 27.0 Å². The van der Waals surface area contributed by atoms with Crippen molar-refractivity contribution in [2.75, 3.05) is 34.1 Å². The van der Waals surface area contributed by atoms with Gasteiger partial charge in [-0.3, -0.25) is 9.59 Å². The number of carbonyl (C=O) groups excluding carboxylic acids is 2. The van der Waals surface area contributed by atoms with Crippen molar-refractivity contribution in [1.29, 1.82) is 0 Å². The minimum Gasteiger partial charge on any atom is -0.497 e. The first-order valence-electron chi connectivity index (χ1n) is 12.4. The minimum absolute atomic E-state index is 0.0972. The van der Waals surface area contributed by atoms with Gasteiger partial charge in [0, 0.05) is 32.1 Å². The maximum absolute atomic E-state index is 13.7. The molecule has 0 aromatic heterocycles. The number of nitrogens with zero attached hydrogens (tertiary/aromatic N) is 2. The molecule has 0 radical (unpaired) electrons. The van der Waals surface area contributed by atoms with E-state index < -0.39 is 28.5 Å². The highest BCUT2D eigenvalue weighted by Gasteiger charge is 2.32. The highest BCUT2D eigenvalue weighted by atomic mass is 32.2. The van der Waals surface area contributed by atoms with Crippen LogP contribution >= 0.6 is 0 Å². The maximum Gasteiger partial charge on any atom is 0.243 e. The quantitative estimate of drug-likeness (QED) is 0.349. The standard InChI is InChI=1S/C29H35N3O6S/c1-31(39(4,35)36)21-28(33)32(20-23-14-16-25(37-2)17-15-23)26(18-22-10-6-5-7-11-22)29(34)30-19-24-12-8-9-13-27(24)38-3/h5-17,26H,18-21H2,1-4H3,(H,30,34)/t26-/m0/s1. The number of carbonyl (C=O) groups is 2. The van der Waals surface area contributed by atoms with E-state index in [2.05, 4.69) is 5.32 Å². The fourth-order valence-electron chi connectivity index (χ4n) is 4.03. The van der Waals surface area contributed by atoms with Crippen LogP contribution in [-0.4, -0.2) is 69.5 Å². The van der Waals surface area contributed by atoms with Crippen molar-refractivity contribution in [2.45, 2.75) is 25.6 Å². The summed E-state index contributed by atoms with van der Waals surface area (Å²) in [6.45, 7) is -0.109. The van der Waals surface area contributed by atoms with E-state index in [-0.39, 0.29) is 25.4 Å². The first kappa shape index (κ1) is 29.7. The largest absolute Gasteiger partial charge is 0.497 e. The van der Waals surface area contributed by atoms with E-state index in [0.29, 0.717) is 11.5 Å². The van der Waals surface area contributed by atoms with E-state index in [1.807, 2.05) is 66.7 Å². The predicted octanol–water partition coefficient (Wildman–Crippen LogP) is 2.85. The SMILES string of the molecule is COc1ccc(CN(C(=O)CN(C)S(C)(=O)=O)[C@@H](Cc2ccccc2)C(=O)NCc2ccccc2OC)cc1.